The van der Waals surface area contributed by atoms with E-state index in [1.165, 1.54) is 18.1 Å². The fourth-order valence-corrected chi connectivity index (χ4v) is 5.04. The summed E-state index contributed by atoms with van der Waals surface area (Å²) in [6, 6.07) is 13.8. The van der Waals surface area contributed by atoms with Gasteiger partial charge in [-0.25, -0.2) is 19.7 Å². The van der Waals surface area contributed by atoms with Gasteiger partial charge in [0.05, 0.1) is 17.2 Å². The number of hydrazone groups is 1. The predicted octanol–water partition coefficient (Wildman–Crippen LogP) is -3.62. The highest BCUT2D eigenvalue weighted by Gasteiger charge is 2.46. The highest BCUT2D eigenvalue weighted by molar-refractivity contribution is 7.99. The molecule has 5 aromatic rings. The number of carbonyl (C=O) groups is 1. The summed E-state index contributed by atoms with van der Waals surface area (Å²) in [7, 11) is 0. The van der Waals surface area contributed by atoms with Crippen molar-refractivity contribution >= 4 is 46.1 Å². The number of aromatic nitrogens is 7. The van der Waals surface area contributed by atoms with Crippen LogP contribution in [0.3, 0.4) is 0 Å². The Morgan fingerprint density at radius 3 is 2.77 bits per heavy atom. The van der Waals surface area contributed by atoms with Gasteiger partial charge in [0.25, 0.3) is 16.9 Å². The van der Waals surface area contributed by atoms with Crippen LogP contribution in [0.5, 0.6) is 0 Å². The first-order valence-electron chi connectivity index (χ1n) is 11.7. The van der Waals surface area contributed by atoms with Crippen LogP contribution in [0.25, 0.3) is 16.8 Å². The van der Waals surface area contributed by atoms with Gasteiger partial charge in [0.1, 0.15) is 17.9 Å². The number of benzene rings is 2. The highest BCUT2D eigenvalue weighted by atomic mass is 35.5. The standard InChI is InChI=1S/C22H21N13O3S.ClH/c1-12(13-6-8-14(9-7-13)34-11-24-31-33-34)26-28-21(36)18-16(35(32-27-18)20-19(23)29-38-30-20)10-39-22-25-15-4-2-3-5-17(15)37-22;/h2-9,11,16,18,27,32H,10H2,1H3,(H2,23,29)(H,28,36);1H/b26-12+;. The first-order valence-corrected chi connectivity index (χ1v) is 12.7. The molecular weight excluding hydrogens is 562 g/mol. The van der Waals surface area contributed by atoms with Crippen LogP contribution in [0.4, 0.5) is 11.6 Å². The number of halogens is 1. The van der Waals surface area contributed by atoms with Crippen LogP contribution < -0.4 is 39.5 Å². The second-order valence-electron chi connectivity index (χ2n) is 8.50. The van der Waals surface area contributed by atoms with Crippen LogP contribution in [0, 0.1) is 0 Å². The lowest BCUT2D eigenvalue weighted by molar-refractivity contribution is -0.894. The normalized spacial score (nSPS) is 19.0. The number of thioether (sulfide) groups is 1. The summed E-state index contributed by atoms with van der Waals surface area (Å²) in [5.74, 6) is 0.480. The number of quaternary nitrogens is 1. The van der Waals surface area contributed by atoms with Crippen molar-refractivity contribution in [3.8, 4) is 5.69 Å². The molecule has 40 heavy (non-hydrogen) atoms. The number of para-hydroxylation sites is 2. The number of anilines is 1. The number of amides is 1. The number of carbonyl (C=O) groups excluding carboxylic acids is 1. The third kappa shape index (κ3) is 5.49. The molecule has 1 saturated heterocycles. The third-order valence-electron chi connectivity index (χ3n) is 6.08. The lowest BCUT2D eigenvalue weighted by Gasteiger charge is -2.18. The minimum atomic E-state index is -0.716. The molecule has 18 heteroatoms. The van der Waals surface area contributed by atoms with Gasteiger partial charge in [0.15, 0.2) is 11.6 Å². The zero-order valence-electron chi connectivity index (χ0n) is 20.7. The molecule has 0 bridgehead atoms. The third-order valence-corrected chi connectivity index (χ3v) is 7.03. The number of nitrogen functional groups attached to an aromatic ring is 1. The maximum atomic E-state index is 13.3. The number of fused-ring (bicyclic) bond motifs is 1. The highest BCUT2D eigenvalue weighted by Crippen LogP contribution is 2.24. The maximum absolute atomic E-state index is 13.3. The van der Waals surface area contributed by atoms with Crippen molar-refractivity contribution in [2.24, 2.45) is 5.10 Å². The van der Waals surface area contributed by atoms with Crippen LogP contribution in [0.1, 0.15) is 12.5 Å². The molecule has 4 heterocycles. The molecule has 1 amide bonds. The van der Waals surface area contributed by atoms with E-state index in [-0.39, 0.29) is 24.1 Å². The minimum absolute atomic E-state index is 0. The first-order chi connectivity index (χ1) is 19.1. The van der Waals surface area contributed by atoms with Crippen LogP contribution in [0.15, 0.2) is 74.2 Å². The molecule has 0 aliphatic carbocycles. The summed E-state index contributed by atoms with van der Waals surface area (Å²) < 4.78 is 12.2. The van der Waals surface area contributed by atoms with E-state index in [9.17, 15) is 4.79 Å². The molecule has 1 aliphatic heterocycles. The average Bonchev–Trinajstić information content (AvgIpc) is 3.76. The van der Waals surface area contributed by atoms with E-state index < -0.39 is 12.1 Å². The molecule has 1 aliphatic rings. The number of oxazole rings is 1. The molecule has 0 radical (unpaired) electrons. The van der Waals surface area contributed by atoms with Crippen molar-refractivity contribution < 1.29 is 31.3 Å². The number of nitrogens with one attached hydrogen (secondary N) is 4. The molecule has 16 nitrogen and oxygen atoms in total. The largest absolute Gasteiger partial charge is 1.00 e. The van der Waals surface area contributed by atoms with Gasteiger partial charge < -0.3 is 22.6 Å². The van der Waals surface area contributed by atoms with Crippen LogP contribution in [0.2, 0.25) is 0 Å². The average molecular weight is 584 g/mol. The van der Waals surface area contributed by atoms with Gasteiger partial charge in [-0.3, -0.25) is 4.79 Å². The fraction of sp³-hybridized carbons (Fsp3) is 0.182. The number of rotatable bonds is 8. The Bertz CT molecular complexity index is 1590. The second kappa shape index (κ2) is 11.8. The van der Waals surface area contributed by atoms with Gasteiger partial charge in [0, 0.05) is 5.16 Å². The lowest BCUT2D eigenvalue weighted by Crippen LogP contribution is -3.16. The van der Waals surface area contributed by atoms with Crippen molar-refractivity contribution in [1.82, 2.24) is 51.9 Å². The SMILES string of the molecule is C/C(=N\NC(=O)C1NN[NH+](c2nonc2N)C1CSc1nc2ccccc2o1)c1ccc(-n2cnnn2)cc1.[Cl-]. The molecule has 2 aromatic carbocycles. The Hall–Kier alpha value is -4.42. The predicted molar refractivity (Wildman–Crippen MR) is 137 cm³/mol. The maximum Gasteiger partial charge on any atom is 0.330 e. The van der Waals surface area contributed by atoms with E-state index in [1.54, 1.807) is 11.6 Å². The van der Waals surface area contributed by atoms with Gasteiger partial charge in [0.2, 0.25) is 0 Å². The van der Waals surface area contributed by atoms with Crippen LogP contribution in [-0.2, 0) is 4.79 Å². The summed E-state index contributed by atoms with van der Waals surface area (Å²) in [6.45, 7) is 1.80. The smallest absolute Gasteiger partial charge is 0.330 e. The van der Waals surface area contributed by atoms with Gasteiger partial charge >= 0.3 is 5.82 Å². The molecule has 6 N–H and O–H groups in total. The van der Waals surface area contributed by atoms with Gasteiger partial charge in [-0.1, -0.05) is 41.6 Å². The summed E-state index contributed by atoms with van der Waals surface area (Å²) in [5.41, 5.74) is 18.3. The van der Waals surface area contributed by atoms with Crippen molar-refractivity contribution in [2.45, 2.75) is 24.2 Å². The van der Waals surface area contributed by atoms with E-state index in [4.69, 9.17) is 14.8 Å². The van der Waals surface area contributed by atoms with Gasteiger partial charge in [-0.15, -0.1) is 5.10 Å². The number of hydrogen-bond donors (Lipinski definition) is 5. The molecule has 0 saturated carbocycles. The van der Waals surface area contributed by atoms with Crippen molar-refractivity contribution in [3.63, 3.8) is 0 Å². The zero-order chi connectivity index (χ0) is 26.8. The Balaban J connectivity index is 0.00000323. The summed E-state index contributed by atoms with van der Waals surface area (Å²) in [4.78, 5) is 17.8. The number of hydrogen-bond acceptors (Lipinski definition) is 14. The monoisotopic (exact) mass is 583 g/mol. The Kier molecular flexibility index (Phi) is 7.99. The van der Waals surface area contributed by atoms with E-state index in [1.807, 2.05) is 48.5 Å². The molecule has 206 valence electrons. The number of nitrogens with two attached hydrogens (primary N) is 1. The van der Waals surface area contributed by atoms with E-state index >= 15 is 0 Å². The molecule has 0 spiro atoms. The zero-order valence-corrected chi connectivity index (χ0v) is 22.3. The molecule has 1 fully saturated rings. The fourth-order valence-electron chi connectivity index (χ4n) is 4.04. The summed E-state index contributed by atoms with van der Waals surface area (Å²) in [5, 5.41) is 24.0. The van der Waals surface area contributed by atoms with Crippen LogP contribution in [-0.4, -0.2) is 65.0 Å². The minimum Gasteiger partial charge on any atom is -1.00 e. The Labute approximate surface area is 236 Å². The number of nitrogens with zero attached hydrogens (tertiary/aromatic N) is 8. The molecule has 3 atom stereocenters. The topological polar surface area (TPSA) is 205 Å². The van der Waals surface area contributed by atoms with Crippen LogP contribution >= 0.6 is 11.8 Å². The lowest BCUT2D eigenvalue weighted by atomic mass is 10.1. The van der Waals surface area contributed by atoms with Crippen molar-refractivity contribution in [1.29, 1.82) is 0 Å². The second-order valence-corrected chi connectivity index (χ2v) is 9.47. The van der Waals surface area contributed by atoms with E-state index in [2.05, 4.69) is 52.3 Å². The van der Waals surface area contributed by atoms with E-state index in [0.717, 1.165) is 16.8 Å². The van der Waals surface area contributed by atoms with Gasteiger partial charge in [-0.2, -0.15) is 15.5 Å². The molecule has 3 unspecified atom stereocenters. The summed E-state index contributed by atoms with van der Waals surface area (Å²) >= 11 is 1.36. The Morgan fingerprint density at radius 1 is 1.23 bits per heavy atom. The molecule has 3 aromatic heterocycles. The van der Waals surface area contributed by atoms with Gasteiger partial charge in [-0.05, 0) is 52.3 Å². The van der Waals surface area contributed by atoms with E-state index in [0.29, 0.717) is 33.1 Å². The van der Waals surface area contributed by atoms with Crippen molar-refractivity contribution in [3.05, 3.63) is 60.4 Å². The molecular formula is C22H22ClN13O3S. The quantitative estimate of drug-likeness (QED) is 0.0680. The summed E-state index contributed by atoms with van der Waals surface area (Å²) in [6.07, 6.45) is 1.51. The van der Waals surface area contributed by atoms with Crippen molar-refractivity contribution in [2.75, 3.05) is 11.5 Å². The number of tetrazole rings is 1. The Morgan fingerprint density at radius 2 is 2.05 bits per heavy atom. The first kappa shape index (κ1) is 27.2. The number of hydrazine groups is 1. The molecule has 6 rings (SSSR count).